The van der Waals surface area contributed by atoms with Gasteiger partial charge in [-0.05, 0) is 0 Å². The van der Waals surface area contributed by atoms with Gasteiger partial charge in [0.25, 0.3) is 0 Å². The van der Waals surface area contributed by atoms with E-state index in [9.17, 15) is 5.11 Å². The summed E-state index contributed by atoms with van der Waals surface area (Å²) in [6, 6.07) is 0. The van der Waals surface area contributed by atoms with Crippen molar-refractivity contribution in [3.63, 3.8) is 0 Å². The van der Waals surface area contributed by atoms with Gasteiger partial charge in [0.05, 0.1) is 6.61 Å². The molecule has 2 aliphatic heterocycles. The fourth-order valence-corrected chi connectivity index (χ4v) is 1.54. The standard InChI is InChI=1S/C7H12O5/c1-10-7-4(9)6-5(12-6)3(2-8)11-7/h3-9H,2H2,1H3/t3?,4?,5-,6-,7-/m1/s1. The van der Waals surface area contributed by atoms with Crippen molar-refractivity contribution in [1.29, 1.82) is 0 Å². The SMILES string of the molecule is CO[C@@H]1OC(CO)[C@H]2O[C@@H]2C1O. The lowest BCUT2D eigenvalue weighted by Gasteiger charge is -2.28. The number of ether oxygens (including phenoxy) is 3. The summed E-state index contributed by atoms with van der Waals surface area (Å²) in [5.74, 6) is 0. The van der Waals surface area contributed by atoms with Crippen molar-refractivity contribution in [3.8, 4) is 0 Å². The van der Waals surface area contributed by atoms with Crippen molar-refractivity contribution in [2.24, 2.45) is 0 Å². The van der Waals surface area contributed by atoms with Gasteiger partial charge in [-0.15, -0.1) is 0 Å². The van der Waals surface area contributed by atoms with Crippen molar-refractivity contribution in [3.05, 3.63) is 0 Å². The van der Waals surface area contributed by atoms with E-state index in [2.05, 4.69) is 0 Å². The Kier molecular flexibility index (Phi) is 2.05. The predicted octanol–water partition coefficient (Wildman–Crippen LogP) is -1.52. The Hall–Kier alpha value is -0.200. The molecule has 0 radical (unpaired) electrons. The lowest BCUT2D eigenvalue weighted by molar-refractivity contribution is -0.223. The molecule has 0 saturated carbocycles. The molecule has 70 valence electrons. The molecule has 2 heterocycles. The van der Waals surface area contributed by atoms with E-state index in [4.69, 9.17) is 19.3 Å². The van der Waals surface area contributed by atoms with Gasteiger partial charge >= 0.3 is 0 Å². The Bertz CT molecular complexity index is 173. The fraction of sp³-hybridized carbons (Fsp3) is 1.00. The average molecular weight is 176 g/mol. The fourth-order valence-electron chi connectivity index (χ4n) is 1.54. The van der Waals surface area contributed by atoms with Crippen LogP contribution in [-0.4, -0.2) is 54.6 Å². The van der Waals surface area contributed by atoms with Crippen LogP contribution in [0.5, 0.6) is 0 Å². The molecule has 2 rings (SSSR count). The molecule has 0 aromatic heterocycles. The monoisotopic (exact) mass is 176 g/mol. The minimum atomic E-state index is -0.734. The summed E-state index contributed by atoms with van der Waals surface area (Å²) in [4.78, 5) is 0. The van der Waals surface area contributed by atoms with Gasteiger partial charge in [-0.1, -0.05) is 0 Å². The number of aliphatic hydroxyl groups excluding tert-OH is 2. The van der Waals surface area contributed by atoms with Crippen molar-refractivity contribution < 1.29 is 24.4 Å². The quantitative estimate of drug-likeness (QED) is 0.500. The Balaban J connectivity index is 2.01. The molecule has 5 heteroatoms. The van der Waals surface area contributed by atoms with Crippen LogP contribution in [-0.2, 0) is 14.2 Å². The number of epoxide rings is 1. The molecule has 0 bridgehead atoms. The van der Waals surface area contributed by atoms with Crippen LogP contribution in [0.15, 0.2) is 0 Å². The molecule has 0 aliphatic carbocycles. The predicted molar refractivity (Wildman–Crippen MR) is 37.4 cm³/mol. The summed E-state index contributed by atoms with van der Waals surface area (Å²) >= 11 is 0. The van der Waals surface area contributed by atoms with Gasteiger partial charge in [-0.2, -0.15) is 0 Å². The highest BCUT2D eigenvalue weighted by Gasteiger charge is 2.57. The van der Waals surface area contributed by atoms with Gasteiger partial charge in [0.15, 0.2) is 6.29 Å². The first-order chi connectivity index (χ1) is 5.77. The van der Waals surface area contributed by atoms with E-state index in [1.54, 1.807) is 0 Å². The van der Waals surface area contributed by atoms with Crippen LogP contribution < -0.4 is 0 Å². The summed E-state index contributed by atoms with van der Waals surface area (Å²) in [5, 5.41) is 18.3. The molecule has 2 unspecified atom stereocenters. The number of hydrogen-bond acceptors (Lipinski definition) is 5. The number of fused-ring (bicyclic) bond motifs is 1. The second kappa shape index (κ2) is 2.93. The molecule has 2 N–H and O–H groups in total. The van der Waals surface area contributed by atoms with Crippen molar-refractivity contribution in [2.75, 3.05) is 13.7 Å². The zero-order chi connectivity index (χ0) is 8.72. The van der Waals surface area contributed by atoms with E-state index >= 15 is 0 Å². The molecule has 0 spiro atoms. The third-order valence-corrected chi connectivity index (χ3v) is 2.26. The van der Waals surface area contributed by atoms with E-state index in [-0.39, 0.29) is 24.9 Å². The van der Waals surface area contributed by atoms with E-state index in [0.29, 0.717) is 0 Å². The molecular formula is C7H12O5. The number of methoxy groups -OCH3 is 1. The van der Waals surface area contributed by atoms with Crippen molar-refractivity contribution in [2.45, 2.75) is 30.7 Å². The topological polar surface area (TPSA) is 71.5 Å². The summed E-state index contributed by atoms with van der Waals surface area (Å²) in [7, 11) is 1.45. The van der Waals surface area contributed by atoms with Crippen molar-refractivity contribution >= 4 is 0 Å². The Morgan fingerprint density at radius 3 is 2.67 bits per heavy atom. The lowest BCUT2D eigenvalue weighted by atomic mass is 10.1. The van der Waals surface area contributed by atoms with Gasteiger partial charge in [0.2, 0.25) is 0 Å². The smallest absolute Gasteiger partial charge is 0.186 e. The molecule has 0 aromatic carbocycles. The molecule has 0 aromatic rings. The van der Waals surface area contributed by atoms with Gasteiger partial charge in [-0.25, -0.2) is 0 Å². The first-order valence-electron chi connectivity index (χ1n) is 3.90. The van der Waals surface area contributed by atoms with Crippen LogP contribution in [0, 0.1) is 0 Å². The molecule has 2 aliphatic rings. The minimum Gasteiger partial charge on any atom is -0.394 e. The maximum absolute atomic E-state index is 9.44. The molecule has 5 atom stereocenters. The zero-order valence-electron chi connectivity index (χ0n) is 6.71. The Morgan fingerprint density at radius 1 is 1.33 bits per heavy atom. The summed E-state index contributed by atoms with van der Waals surface area (Å²) in [6.07, 6.45) is -2.14. The largest absolute Gasteiger partial charge is 0.394 e. The lowest BCUT2D eigenvalue weighted by Crippen LogP contribution is -2.47. The maximum Gasteiger partial charge on any atom is 0.186 e. The van der Waals surface area contributed by atoms with E-state index < -0.39 is 12.4 Å². The van der Waals surface area contributed by atoms with E-state index in [1.807, 2.05) is 0 Å². The van der Waals surface area contributed by atoms with E-state index in [1.165, 1.54) is 7.11 Å². The third kappa shape index (κ3) is 1.14. The van der Waals surface area contributed by atoms with Crippen molar-refractivity contribution in [1.82, 2.24) is 0 Å². The highest BCUT2D eigenvalue weighted by atomic mass is 16.7. The molecule has 5 nitrogen and oxygen atoms in total. The highest BCUT2D eigenvalue weighted by Crippen LogP contribution is 2.37. The van der Waals surface area contributed by atoms with Gasteiger partial charge in [0.1, 0.15) is 24.4 Å². The third-order valence-electron chi connectivity index (χ3n) is 2.26. The molecule has 0 amide bonds. The Labute approximate surface area is 69.8 Å². The van der Waals surface area contributed by atoms with Gasteiger partial charge in [0, 0.05) is 7.11 Å². The number of aliphatic hydroxyl groups is 2. The highest BCUT2D eigenvalue weighted by molar-refractivity contribution is 5.01. The number of hydrogen-bond donors (Lipinski definition) is 2. The van der Waals surface area contributed by atoms with Gasteiger partial charge < -0.3 is 24.4 Å². The molecule has 12 heavy (non-hydrogen) atoms. The Morgan fingerprint density at radius 2 is 2.08 bits per heavy atom. The van der Waals surface area contributed by atoms with Crippen LogP contribution in [0.1, 0.15) is 0 Å². The first kappa shape index (κ1) is 8.40. The maximum atomic E-state index is 9.44. The van der Waals surface area contributed by atoms with Crippen LogP contribution in [0.3, 0.4) is 0 Å². The van der Waals surface area contributed by atoms with Crippen LogP contribution in [0.2, 0.25) is 0 Å². The molecule has 2 fully saturated rings. The molecule has 2 saturated heterocycles. The second-order valence-electron chi connectivity index (χ2n) is 3.02. The summed E-state index contributed by atoms with van der Waals surface area (Å²) in [5.41, 5.74) is 0. The molecular weight excluding hydrogens is 164 g/mol. The van der Waals surface area contributed by atoms with Crippen LogP contribution in [0.4, 0.5) is 0 Å². The zero-order valence-corrected chi connectivity index (χ0v) is 6.71. The second-order valence-corrected chi connectivity index (χ2v) is 3.02. The number of rotatable bonds is 2. The minimum absolute atomic E-state index is 0.103. The normalized spacial score (nSPS) is 51.8. The summed E-state index contributed by atoms with van der Waals surface area (Å²) in [6.45, 7) is -0.103. The average Bonchev–Trinajstić information content (AvgIpc) is 2.85. The van der Waals surface area contributed by atoms with E-state index in [0.717, 1.165) is 0 Å². The summed E-state index contributed by atoms with van der Waals surface area (Å²) < 4.78 is 15.2. The van der Waals surface area contributed by atoms with Crippen LogP contribution in [0.25, 0.3) is 0 Å². The van der Waals surface area contributed by atoms with Crippen LogP contribution >= 0.6 is 0 Å². The first-order valence-corrected chi connectivity index (χ1v) is 3.90. The van der Waals surface area contributed by atoms with Gasteiger partial charge in [-0.3, -0.25) is 0 Å².